The van der Waals surface area contributed by atoms with Crippen LogP contribution in [0.3, 0.4) is 0 Å². The summed E-state index contributed by atoms with van der Waals surface area (Å²) >= 11 is 0. The summed E-state index contributed by atoms with van der Waals surface area (Å²) in [5.74, 6) is -0.306. The summed E-state index contributed by atoms with van der Waals surface area (Å²) in [6.45, 7) is 8.12. The van der Waals surface area contributed by atoms with Crippen molar-refractivity contribution in [2.24, 2.45) is 5.10 Å². The van der Waals surface area contributed by atoms with Crippen LogP contribution in [-0.4, -0.2) is 23.3 Å². The van der Waals surface area contributed by atoms with Crippen molar-refractivity contribution in [3.8, 4) is 5.75 Å². The number of ether oxygens (including phenoxy) is 1. The molecule has 0 radical (unpaired) electrons. The zero-order valence-corrected chi connectivity index (χ0v) is 14.3. The Balaban J connectivity index is 1.88. The Hall–Kier alpha value is -2.63. The number of carbonyl (C=O) groups excluding carboxylic acids is 1. The van der Waals surface area contributed by atoms with Crippen molar-refractivity contribution in [3.05, 3.63) is 53.1 Å². The third-order valence-electron chi connectivity index (χ3n) is 3.62. The summed E-state index contributed by atoms with van der Waals surface area (Å²) in [6.07, 6.45) is 1.62. The molecule has 1 aromatic heterocycles. The topological polar surface area (TPSA) is 55.6 Å². The van der Waals surface area contributed by atoms with Crippen LogP contribution in [0.15, 0.2) is 35.4 Å². The second kappa shape index (κ2) is 7.77. The largest absolute Gasteiger partial charge is 0.484 e. The first-order valence-electron chi connectivity index (χ1n) is 7.77. The van der Waals surface area contributed by atoms with Crippen LogP contribution >= 0.6 is 0 Å². The fourth-order valence-electron chi connectivity index (χ4n) is 2.61. The van der Waals surface area contributed by atoms with Gasteiger partial charge >= 0.3 is 0 Å². The van der Waals surface area contributed by atoms with Crippen LogP contribution in [0.5, 0.6) is 5.75 Å². The number of halogens is 1. The summed E-state index contributed by atoms with van der Waals surface area (Å²) in [7, 11) is 0. The Labute approximate surface area is 141 Å². The van der Waals surface area contributed by atoms with Crippen molar-refractivity contribution in [2.75, 3.05) is 6.61 Å². The van der Waals surface area contributed by atoms with Gasteiger partial charge in [0.05, 0.1) is 6.21 Å². The smallest absolute Gasteiger partial charge is 0.277 e. The van der Waals surface area contributed by atoms with E-state index in [1.165, 1.54) is 24.3 Å². The van der Waals surface area contributed by atoms with Gasteiger partial charge in [0.2, 0.25) is 0 Å². The van der Waals surface area contributed by atoms with Gasteiger partial charge in [0.1, 0.15) is 11.6 Å². The van der Waals surface area contributed by atoms with Crippen LogP contribution in [-0.2, 0) is 4.79 Å². The Kier molecular flexibility index (Phi) is 5.73. The van der Waals surface area contributed by atoms with Crippen LogP contribution in [0, 0.1) is 19.7 Å². The second-order valence-electron chi connectivity index (χ2n) is 5.83. The molecule has 5 nitrogen and oxygen atoms in total. The predicted octanol–water partition coefficient (Wildman–Crippen LogP) is 3.35. The number of nitrogens with zero attached hydrogens (tertiary/aromatic N) is 2. The van der Waals surface area contributed by atoms with Crippen LogP contribution < -0.4 is 10.2 Å². The molecule has 1 amide bonds. The van der Waals surface area contributed by atoms with E-state index in [1.54, 1.807) is 6.21 Å². The van der Waals surface area contributed by atoms with Gasteiger partial charge in [0.15, 0.2) is 6.61 Å². The maximum absolute atomic E-state index is 12.8. The highest BCUT2D eigenvalue weighted by Gasteiger charge is 2.10. The van der Waals surface area contributed by atoms with Gasteiger partial charge in [0, 0.05) is 23.0 Å². The molecule has 2 aromatic rings. The number of nitrogens with one attached hydrogen (secondary N) is 1. The van der Waals surface area contributed by atoms with Crippen LogP contribution in [0.4, 0.5) is 4.39 Å². The molecule has 24 heavy (non-hydrogen) atoms. The molecule has 1 N–H and O–H groups in total. The van der Waals surface area contributed by atoms with E-state index in [-0.39, 0.29) is 18.3 Å². The van der Waals surface area contributed by atoms with E-state index in [4.69, 9.17) is 4.74 Å². The lowest BCUT2D eigenvalue weighted by atomic mass is 10.2. The van der Waals surface area contributed by atoms with E-state index in [9.17, 15) is 9.18 Å². The van der Waals surface area contributed by atoms with Crippen molar-refractivity contribution in [3.63, 3.8) is 0 Å². The van der Waals surface area contributed by atoms with Crippen molar-refractivity contribution < 1.29 is 13.9 Å². The standard InChI is InChI=1S/C18H22FN3O2/c1-12(2)22-13(3)9-15(14(22)4)10-20-21-18(23)11-24-17-7-5-16(19)6-8-17/h5-10,12H,11H2,1-4H3,(H,21,23)/b20-10-. The molecule has 0 saturated heterocycles. The van der Waals surface area contributed by atoms with E-state index >= 15 is 0 Å². The van der Waals surface area contributed by atoms with Gasteiger partial charge in [-0.15, -0.1) is 0 Å². The minimum absolute atomic E-state index is 0.187. The highest BCUT2D eigenvalue weighted by Crippen LogP contribution is 2.18. The fourth-order valence-corrected chi connectivity index (χ4v) is 2.61. The lowest BCUT2D eigenvalue weighted by Gasteiger charge is -2.13. The highest BCUT2D eigenvalue weighted by molar-refractivity contribution is 5.84. The number of benzene rings is 1. The van der Waals surface area contributed by atoms with Crippen molar-refractivity contribution in [1.29, 1.82) is 0 Å². The van der Waals surface area contributed by atoms with Gasteiger partial charge in [-0.05, 0) is 58.0 Å². The van der Waals surface area contributed by atoms with E-state index < -0.39 is 0 Å². The van der Waals surface area contributed by atoms with Crippen LogP contribution in [0.1, 0.15) is 36.8 Å². The molecule has 0 atom stereocenters. The molecular formula is C18H22FN3O2. The number of rotatable bonds is 6. The number of aromatic nitrogens is 1. The van der Waals surface area contributed by atoms with Crippen molar-refractivity contribution in [1.82, 2.24) is 9.99 Å². The summed E-state index contributed by atoms with van der Waals surface area (Å²) in [4.78, 5) is 11.7. The molecule has 0 aliphatic rings. The SMILES string of the molecule is Cc1cc(/C=N\NC(=O)COc2ccc(F)cc2)c(C)n1C(C)C. The predicted molar refractivity (Wildman–Crippen MR) is 91.9 cm³/mol. The van der Waals surface area contributed by atoms with Gasteiger partial charge in [0.25, 0.3) is 5.91 Å². The average molecular weight is 331 g/mol. The quantitative estimate of drug-likeness (QED) is 0.652. The Morgan fingerprint density at radius 3 is 2.58 bits per heavy atom. The summed E-state index contributed by atoms with van der Waals surface area (Å²) in [6, 6.07) is 7.87. The normalized spacial score (nSPS) is 11.2. The van der Waals surface area contributed by atoms with Gasteiger partial charge in [-0.3, -0.25) is 4.79 Å². The molecule has 0 fully saturated rings. The first-order valence-corrected chi connectivity index (χ1v) is 7.77. The van der Waals surface area contributed by atoms with E-state index in [0.29, 0.717) is 11.8 Å². The monoisotopic (exact) mass is 331 g/mol. The highest BCUT2D eigenvalue weighted by atomic mass is 19.1. The summed E-state index contributed by atoms with van der Waals surface area (Å²) < 4.78 is 20.2. The van der Waals surface area contributed by atoms with Gasteiger partial charge in [-0.1, -0.05) is 0 Å². The molecule has 0 aliphatic heterocycles. The molecule has 0 unspecified atom stereocenters. The lowest BCUT2D eigenvalue weighted by molar-refractivity contribution is -0.123. The van der Waals surface area contributed by atoms with Crippen molar-refractivity contribution >= 4 is 12.1 Å². The number of carbonyl (C=O) groups is 1. The zero-order valence-electron chi connectivity index (χ0n) is 14.3. The lowest BCUT2D eigenvalue weighted by Crippen LogP contribution is -2.24. The maximum Gasteiger partial charge on any atom is 0.277 e. The maximum atomic E-state index is 12.8. The third-order valence-corrected chi connectivity index (χ3v) is 3.62. The number of hydrazone groups is 1. The summed E-state index contributed by atoms with van der Waals surface area (Å²) in [5, 5.41) is 3.96. The van der Waals surface area contributed by atoms with Crippen LogP contribution in [0.25, 0.3) is 0 Å². The van der Waals surface area contributed by atoms with Gasteiger partial charge < -0.3 is 9.30 Å². The van der Waals surface area contributed by atoms with Gasteiger partial charge in [-0.25, -0.2) is 9.82 Å². The van der Waals surface area contributed by atoms with E-state index in [1.807, 2.05) is 19.9 Å². The molecule has 128 valence electrons. The second-order valence-corrected chi connectivity index (χ2v) is 5.83. The van der Waals surface area contributed by atoms with Crippen LogP contribution in [0.2, 0.25) is 0 Å². The molecule has 0 aliphatic carbocycles. The van der Waals surface area contributed by atoms with Crippen molar-refractivity contribution in [2.45, 2.75) is 33.7 Å². The molecule has 2 rings (SSSR count). The molecule has 1 aromatic carbocycles. The van der Waals surface area contributed by atoms with E-state index in [2.05, 4.69) is 28.9 Å². The number of hydrogen-bond acceptors (Lipinski definition) is 3. The Morgan fingerprint density at radius 1 is 1.33 bits per heavy atom. The minimum atomic E-state index is -0.381. The van der Waals surface area contributed by atoms with E-state index in [0.717, 1.165) is 17.0 Å². The number of amides is 1. The molecule has 0 spiro atoms. The Morgan fingerprint density at radius 2 is 2.00 bits per heavy atom. The third kappa shape index (κ3) is 4.44. The average Bonchev–Trinajstić information content (AvgIpc) is 2.81. The number of aryl methyl sites for hydroxylation is 1. The molecule has 0 bridgehead atoms. The first-order chi connectivity index (χ1) is 11.4. The van der Waals surface area contributed by atoms with Gasteiger partial charge in [-0.2, -0.15) is 5.10 Å². The molecule has 1 heterocycles. The molecular weight excluding hydrogens is 309 g/mol. The molecule has 6 heteroatoms. The minimum Gasteiger partial charge on any atom is -0.484 e. The molecule has 0 saturated carbocycles. The first kappa shape index (κ1) is 17.7. The zero-order chi connectivity index (χ0) is 17.7. The summed E-state index contributed by atoms with van der Waals surface area (Å²) in [5.41, 5.74) is 5.63. The fraction of sp³-hybridized carbons (Fsp3) is 0.333. The Bertz CT molecular complexity index is 733. The number of hydrogen-bond donors (Lipinski definition) is 1.